The summed E-state index contributed by atoms with van der Waals surface area (Å²) < 4.78 is 0. The number of hydrogen-bond donors (Lipinski definition) is 2. The third-order valence-electron chi connectivity index (χ3n) is 4.02. The van der Waals surface area contributed by atoms with Gasteiger partial charge in [0.25, 0.3) is 0 Å². The van der Waals surface area contributed by atoms with Crippen molar-refractivity contribution >= 4 is 5.97 Å². The lowest BCUT2D eigenvalue weighted by molar-refractivity contribution is -0.147. The second kappa shape index (κ2) is 7.96. The second-order valence-corrected chi connectivity index (χ2v) is 6.16. The van der Waals surface area contributed by atoms with Crippen molar-refractivity contribution in [2.24, 2.45) is 5.92 Å². The molecule has 0 aliphatic heterocycles. The highest BCUT2D eigenvalue weighted by molar-refractivity contribution is 5.80. The number of hydrogen-bond acceptors (Lipinski definition) is 4. The van der Waals surface area contributed by atoms with Crippen LogP contribution in [0.1, 0.15) is 33.1 Å². The summed E-state index contributed by atoms with van der Waals surface area (Å²) in [6, 6.07) is 0. The summed E-state index contributed by atoms with van der Waals surface area (Å²) in [5.74, 6) is -0.397. The van der Waals surface area contributed by atoms with E-state index in [1.165, 1.54) is 0 Å². The van der Waals surface area contributed by atoms with Crippen LogP contribution in [0.3, 0.4) is 0 Å². The standard InChI is InChI=1S/C15H31N3O2/c1-5-9-18(11-10-17(3)4)12-15(14(19)20,16-6-2)13-7-8-13/h13,16H,5-12H2,1-4H3,(H,19,20). The summed E-state index contributed by atoms with van der Waals surface area (Å²) in [4.78, 5) is 16.3. The molecule has 1 fully saturated rings. The quantitative estimate of drug-likeness (QED) is 0.595. The van der Waals surface area contributed by atoms with E-state index in [0.717, 1.165) is 38.9 Å². The maximum Gasteiger partial charge on any atom is 0.325 e. The Morgan fingerprint density at radius 2 is 1.90 bits per heavy atom. The van der Waals surface area contributed by atoms with E-state index in [1.54, 1.807) is 0 Å². The number of nitrogens with one attached hydrogen (secondary N) is 1. The molecule has 0 aromatic rings. The van der Waals surface area contributed by atoms with Crippen molar-refractivity contribution < 1.29 is 9.90 Å². The zero-order valence-electron chi connectivity index (χ0n) is 13.5. The van der Waals surface area contributed by atoms with Crippen molar-refractivity contribution in [3.05, 3.63) is 0 Å². The molecule has 0 heterocycles. The first-order chi connectivity index (χ1) is 9.46. The summed E-state index contributed by atoms with van der Waals surface area (Å²) >= 11 is 0. The van der Waals surface area contributed by atoms with Crippen LogP contribution >= 0.6 is 0 Å². The van der Waals surface area contributed by atoms with Gasteiger partial charge >= 0.3 is 5.97 Å². The number of likely N-dealkylation sites (N-methyl/N-ethyl adjacent to an activating group) is 2. The maximum atomic E-state index is 11.9. The van der Waals surface area contributed by atoms with Crippen LogP contribution in [0.4, 0.5) is 0 Å². The van der Waals surface area contributed by atoms with Crippen molar-refractivity contribution in [1.82, 2.24) is 15.1 Å². The van der Waals surface area contributed by atoms with Crippen LogP contribution in [-0.2, 0) is 4.79 Å². The summed E-state index contributed by atoms with van der Waals surface area (Å²) in [5.41, 5.74) is -0.754. The molecule has 0 aromatic heterocycles. The average Bonchev–Trinajstić information content (AvgIpc) is 3.19. The minimum absolute atomic E-state index is 0.290. The molecule has 0 saturated heterocycles. The van der Waals surface area contributed by atoms with Crippen LogP contribution in [0.2, 0.25) is 0 Å². The van der Waals surface area contributed by atoms with Gasteiger partial charge in [-0.05, 0) is 52.4 Å². The van der Waals surface area contributed by atoms with Gasteiger partial charge in [0.15, 0.2) is 0 Å². The lowest BCUT2D eigenvalue weighted by atomic mass is 9.92. The molecule has 2 N–H and O–H groups in total. The minimum Gasteiger partial charge on any atom is -0.480 e. The molecule has 0 aromatic carbocycles. The SMILES string of the molecule is CCCN(CCN(C)C)CC(NCC)(C(=O)O)C1CC1. The average molecular weight is 285 g/mol. The summed E-state index contributed by atoms with van der Waals surface area (Å²) in [6.45, 7) is 8.31. The Morgan fingerprint density at radius 3 is 2.30 bits per heavy atom. The minimum atomic E-state index is -0.754. The molecule has 1 atom stereocenters. The molecule has 20 heavy (non-hydrogen) atoms. The van der Waals surface area contributed by atoms with Gasteiger partial charge in [0.1, 0.15) is 5.54 Å². The smallest absolute Gasteiger partial charge is 0.325 e. The van der Waals surface area contributed by atoms with Gasteiger partial charge in [0.2, 0.25) is 0 Å². The normalized spacial score (nSPS) is 18.5. The maximum absolute atomic E-state index is 11.9. The van der Waals surface area contributed by atoms with Crippen LogP contribution in [0.5, 0.6) is 0 Å². The van der Waals surface area contributed by atoms with E-state index < -0.39 is 11.5 Å². The highest BCUT2D eigenvalue weighted by Crippen LogP contribution is 2.40. The molecular weight excluding hydrogens is 254 g/mol. The van der Waals surface area contributed by atoms with Gasteiger partial charge in [-0.15, -0.1) is 0 Å². The first-order valence-corrected chi connectivity index (χ1v) is 7.81. The van der Waals surface area contributed by atoms with Crippen molar-refractivity contribution in [1.29, 1.82) is 0 Å². The fraction of sp³-hybridized carbons (Fsp3) is 0.933. The number of carboxylic acids is 1. The van der Waals surface area contributed by atoms with Crippen LogP contribution in [-0.4, -0.2) is 73.2 Å². The monoisotopic (exact) mass is 285 g/mol. The molecule has 0 spiro atoms. The zero-order chi connectivity index (χ0) is 15.2. The molecule has 1 saturated carbocycles. The molecule has 0 radical (unpaired) electrons. The second-order valence-electron chi connectivity index (χ2n) is 6.16. The number of carboxylic acid groups (broad SMARTS) is 1. The Morgan fingerprint density at radius 1 is 1.25 bits per heavy atom. The topological polar surface area (TPSA) is 55.8 Å². The fourth-order valence-corrected chi connectivity index (χ4v) is 2.82. The highest BCUT2D eigenvalue weighted by Gasteiger charge is 2.51. The molecule has 1 aliphatic rings. The first-order valence-electron chi connectivity index (χ1n) is 7.81. The largest absolute Gasteiger partial charge is 0.480 e. The Bertz CT molecular complexity index is 305. The lowest BCUT2D eigenvalue weighted by Crippen LogP contribution is -2.61. The number of aliphatic carboxylic acids is 1. The van der Waals surface area contributed by atoms with Gasteiger partial charge in [0.05, 0.1) is 0 Å². The van der Waals surface area contributed by atoms with E-state index in [2.05, 4.69) is 36.1 Å². The van der Waals surface area contributed by atoms with E-state index in [9.17, 15) is 9.90 Å². The molecular formula is C15H31N3O2. The van der Waals surface area contributed by atoms with E-state index >= 15 is 0 Å². The third kappa shape index (κ3) is 4.72. The Kier molecular flexibility index (Phi) is 6.92. The van der Waals surface area contributed by atoms with Crippen molar-refractivity contribution in [2.75, 3.05) is 46.8 Å². The Hall–Kier alpha value is -0.650. The lowest BCUT2D eigenvalue weighted by Gasteiger charge is -2.36. The number of carbonyl (C=O) groups is 1. The van der Waals surface area contributed by atoms with Gasteiger partial charge in [-0.1, -0.05) is 13.8 Å². The molecule has 0 bridgehead atoms. The van der Waals surface area contributed by atoms with Crippen molar-refractivity contribution in [3.8, 4) is 0 Å². The molecule has 1 unspecified atom stereocenters. The van der Waals surface area contributed by atoms with Crippen LogP contribution in [0.25, 0.3) is 0 Å². The van der Waals surface area contributed by atoms with Crippen molar-refractivity contribution in [2.45, 2.75) is 38.6 Å². The molecule has 1 aliphatic carbocycles. The van der Waals surface area contributed by atoms with Gasteiger partial charge < -0.3 is 15.3 Å². The molecule has 5 nitrogen and oxygen atoms in total. The molecule has 118 valence electrons. The van der Waals surface area contributed by atoms with Crippen LogP contribution in [0, 0.1) is 5.92 Å². The van der Waals surface area contributed by atoms with E-state index in [4.69, 9.17) is 0 Å². The van der Waals surface area contributed by atoms with Gasteiger partial charge in [-0.3, -0.25) is 9.69 Å². The zero-order valence-corrected chi connectivity index (χ0v) is 13.5. The summed E-state index contributed by atoms with van der Waals surface area (Å²) in [6.07, 6.45) is 3.12. The first kappa shape index (κ1) is 17.4. The molecule has 0 amide bonds. The molecule has 1 rings (SSSR count). The summed E-state index contributed by atoms with van der Waals surface area (Å²) in [7, 11) is 4.11. The highest BCUT2D eigenvalue weighted by atomic mass is 16.4. The third-order valence-corrected chi connectivity index (χ3v) is 4.02. The van der Waals surface area contributed by atoms with Crippen molar-refractivity contribution in [3.63, 3.8) is 0 Å². The molecule has 5 heteroatoms. The summed E-state index contributed by atoms with van der Waals surface area (Å²) in [5, 5.41) is 13.0. The Labute approximate surface area is 123 Å². The van der Waals surface area contributed by atoms with Gasteiger partial charge in [-0.2, -0.15) is 0 Å². The number of nitrogens with zero attached hydrogens (tertiary/aromatic N) is 2. The van der Waals surface area contributed by atoms with Crippen LogP contribution in [0.15, 0.2) is 0 Å². The van der Waals surface area contributed by atoms with Gasteiger partial charge in [0, 0.05) is 19.6 Å². The van der Waals surface area contributed by atoms with Crippen LogP contribution < -0.4 is 5.32 Å². The van der Waals surface area contributed by atoms with E-state index in [0.29, 0.717) is 19.0 Å². The van der Waals surface area contributed by atoms with Gasteiger partial charge in [-0.25, -0.2) is 0 Å². The van der Waals surface area contributed by atoms with E-state index in [1.807, 2.05) is 6.92 Å². The number of rotatable bonds is 11. The predicted molar refractivity (Wildman–Crippen MR) is 82.1 cm³/mol. The van der Waals surface area contributed by atoms with E-state index in [-0.39, 0.29) is 0 Å². The fourth-order valence-electron chi connectivity index (χ4n) is 2.82. The predicted octanol–water partition coefficient (Wildman–Crippen LogP) is 1.10. The Balaban J connectivity index is 2.75.